The molecule has 1 atom stereocenters. The summed E-state index contributed by atoms with van der Waals surface area (Å²) in [5, 5.41) is 4.41. The van der Waals surface area contributed by atoms with E-state index in [9.17, 15) is 4.79 Å². The number of aryl methyl sites for hydroxylation is 1. The van der Waals surface area contributed by atoms with Crippen molar-refractivity contribution in [3.8, 4) is 0 Å². The average molecular weight is 253 g/mol. The van der Waals surface area contributed by atoms with Gasteiger partial charge in [-0.1, -0.05) is 6.92 Å². The van der Waals surface area contributed by atoms with E-state index in [0.717, 1.165) is 42.4 Å². The number of hydrogen-bond acceptors (Lipinski definition) is 4. The highest BCUT2D eigenvalue weighted by molar-refractivity contribution is 7.13. The van der Waals surface area contributed by atoms with Crippen molar-refractivity contribution in [1.29, 1.82) is 0 Å². The second kappa shape index (κ2) is 5.60. The maximum atomic E-state index is 12.2. The molecule has 17 heavy (non-hydrogen) atoms. The van der Waals surface area contributed by atoms with Crippen molar-refractivity contribution in [1.82, 2.24) is 15.2 Å². The minimum Gasteiger partial charge on any atom is -0.335 e. The van der Waals surface area contributed by atoms with E-state index in [0.29, 0.717) is 6.04 Å². The maximum Gasteiger partial charge on any atom is 0.265 e. The predicted molar refractivity (Wildman–Crippen MR) is 69.5 cm³/mol. The summed E-state index contributed by atoms with van der Waals surface area (Å²) in [6.07, 6.45) is 3.77. The molecule has 0 saturated carbocycles. The second-order valence-corrected chi connectivity index (χ2v) is 5.59. The Balaban J connectivity index is 2.02. The lowest BCUT2D eigenvalue weighted by atomic mass is 10.2. The number of thiazole rings is 1. The highest BCUT2D eigenvalue weighted by atomic mass is 32.1. The molecule has 4 nitrogen and oxygen atoms in total. The fourth-order valence-electron chi connectivity index (χ4n) is 2.01. The van der Waals surface area contributed by atoms with Gasteiger partial charge >= 0.3 is 0 Å². The lowest BCUT2D eigenvalue weighted by Gasteiger charge is -2.31. The molecule has 1 saturated heterocycles. The molecule has 5 heteroatoms. The number of piperazine rings is 1. The third-order valence-corrected chi connectivity index (χ3v) is 3.93. The Morgan fingerprint density at radius 2 is 2.53 bits per heavy atom. The van der Waals surface area contributed by atoms with Crippen LogP contribution in [-0.2, 0) is 6.42 Å². The highest BCUT2D eigenvalue weighted by Crippen LogP contribution is 2.17. The fourth-order valence-corrected chi connectivity index (χ4v) is 3.00. The van der Waals surface area contributed by atoms with E-state index in [4.69, 9.17) is 0 Å². The van der Waals surface area contributed by atoms with E-state index in [-0.39, 0.29) is 5.91 Å². The topological polar surface area (TPSA) is 45.2 Å². The number of rotatable bonds is 3. The number of nitrogens with zero attached hydrogens (tertiary/aromatic N) is 2. The van der Waals surface area contributed by atoms with Gasteiger partial charge in [0.05, 0.1) is 11.2 Å². The number of hydrogen-bond donors (Lipinski definition) is 1. The molecule has 1 aliphatic rings. The molecule has 1 fully saturated rings. The van der Waals surface area contributed by atoms with Crippen LogP contribution < -0.4 is 5.32 Å². The molecular weight excluding hydrogens is 234 g/mol. The summed E-state index contributed by atoms with van der Waals surface area (Å²) in [7, 11) is 0. The monoisotopic (exact) mass is 253 g/mol. The predicted octanol–water partition coefficient (Wildman–Crippen LogP) is 1.53. The van der Waals surface area contributed by atoms with Crippen molar-refractivity contribution in [3.63, 3.8) is 0 Å². The molecule has 1 aromatic heterocycles. The zero-order valence-corrected chi connectivity index (χ0v) is 11.2. The first-order valence-corrected chi connectivity index (χ1v) is 6.99. The third kappa shape index (κ3) is 3.04. The van der Waals surface area contributed by atoms with Gasteiger partial charge in [0, 0.05) is 25.7 Å². The minimum absolute atomic E-state index is 0.137. The van der Waals surface area contributed by atoms with Crippen LogP contribution in [0.4, 0.5) is 0 Å². The molecule has 1 unspecified atom stereocenters. The van der Waals surface area contributed by atoms with Crippen molar-refractivity contribution in [2.24, 2.45) is 0 Å². The number of aromatic nitrogens is 1. The summed E-state index contributed by atoms with van der Waals surface area (Å²) in [4.78, 5) is 19.2. The molecule has 1 amide bonds. The van der Waals surface area contributed by atoms with Gasteiger partial charge in [-0.3, -0.25) is 4.79 Å². The number of carbonyl (C=O) groups excluding carboxylic acids is 1. The third-order valence-electron chi connectivity index (χ3n) is 2.88. The van der Waals surface area contributed by atoms with Crippen molar-refractivity contribution in [2.45, 2.75) is 32.7 Å². The van der Waals surface area contributed by atoms with Crippen molar-refractivity contribution >= 4 is 17.2 Å². The number of nitrogens with one attached hydrogen (secondary N) is 1. The molecular formula is C12H19N3OS. The van der Waals surface area contributed by atoms with Crippen LogP contribution in [0.1, 0.15) is 34.9 Å². The summed E-state index contributed by atoms with van der Waals surface area (Å²) in [6, 6.07) is 0.385. The largest absolute Gasteiger partial charge is 0.335 e. The highest BCUT2D eigenvalue weighted by Gasteiger charge is 2.22. The zero-order valence-electron chi connectivity index (χ0n) is 10.4. The molecule has 1 aliphatic heterocycles. The van der Waals surface area contributed by atoms with Crippen LogP contribution >= 0.6 is 11.3 Å². The van der Waals surface area contributed by atoms with Crippen LogP contribution in [0.5, 0.6) is 0 Å². The van der Waals surface area contributed by atoms with E-state index in [1.165, 1.54) is 11.3 Å². The second-order valence-electron chi connectivity index (χ2n) is 4.47. The van der Waals surface area contributed by atoms with Gasteiger partial charge in [0.1, 0.15) is 4.88 Å². The molecule has 0 radical (unpaired) electrons. The van der Waals surface area contributed by atoms with Gasteiger partial charge in [-0.05, 0) is 19.8 Å². The Kier molecular flexibility index (Phi) is 4.12. The first-order chi connectivity index (χ1) is 8.20. The van der Waals surface area contributed by atoms with E-state index < -0.39 is 0 Å². The van der Waals surface area contributed by atoms with Gasteiger partial charge in [-0.2, -0.15) is 0 Å². The number of carbonyl (C=O) groups is 1. The Morgan fingerprint density at radius 1 is 1.71 bits per heavy atom. The molecule has 2 heterocycles. The normalized spacial score (nSPS) is 20.6. The standard InChI is InChI=1S/C12H19N3OS/c1-3-4-11-14-7-10(17-11)12(16)15-6-5-13-9(2)8-15/h7,9,13H,3-6,8H2,1-2H3. The van der Waals surface area contributed by atoms with E-state index in [2.05, 4.69) is 24.1 Å². The molecule has 1 N–H and O–H groups in total. The van der Waals surface area contributed by atoms with Crippen molar-refractivity contribution in [3.05, 3.63) is 16.1 Å². The molecule has 0 spiro atoms. The minimum atomic E-state index is 0.137. The van der Waals surface area contributed by atoms with E-state index in [1.807, 2.05) is 4.90 Å². The lowest BCUT2D eigenvalue weighted by molar-refractivity contribution is 0.0714. The summed E-state index contributed by atoms with van der Waals surface area (Å²) in [6.45, 7) is 6.70. The Morgan fingerprint density at radius 3 is 3.24 bits per heavy atom. The molecule has 0 aliphatic carbocycles. The Labute approximate surface area is 106 Å². The molecule has 2 rings (SSSR count). The van der Waals surface area contributed by atoms with Crippen LogP contribution in [0.25, 0.3) is 0 Å². The first kappa shape index (κ1) is 12.5. The van der Waals surface area contributed by atoms with Crippen LogP contribution in [0.3, 0.4) is 0 Å². The lowest BCUT2D eigenvalue weighted by Crippen LogP contribution is -2.51. The summed E-state index contributed by atoms with van der Waals surface area (Å²) < 4.78 is 0. The zero-order chi connectivity index (χ0) is 12.3. The van der Waals surface area contributed by atoms with Crippen molar-refractivity contribution in [2.75, 3.05) is 19.6 Å². The molecule has 94 valence electrons. The molecule has 0 bridgehead atoms. The van der Waals surface area contributed by atoms with Gasteiger partial charge in [0.15, 0.2) is 0 Å². The van der Waals surface area contributed by atoms with Crippen LogP contribution in [-0.4, -0.2) is 41.5 Å². The van der Waals surface area contributed by atoms with Gasteiger partial charge in [-0.15, -0.1) is 11.3 Å². The average Bonchev–Trinajstić information content (AvgIpc) is 2.77. The fraction of sp³-hybridized carbons (Fsp3) is 0.667. The van der Waals surface area contributed by atoms with Crippen LogP contribution in [0.15, 0.2) is 6.20 Å². The van der Waals surface area contributed by atoms with E-state index >= 15 is 0 Å². The molecule has 1 aromatic rings. The van der Waals surface area contributed by atoms with E-state index in [1.54, 1.807) is 6.20 Å². The van der Waals surface area contributed by atoms with Crippen molar-refractivity contribution < 1.29 is 4.79 Å². The smallest absolute Gasteiger partial charge is 0.265 e. The SMILES string of the molecule is CCCc1ncc(C(=O)N2CCNC(C)C2)s1. The summed E-state index contributed by atoms with van der Waals surface area (Å²) in [5.74, 6) is 0.137. The van der Waals surface area contributed by atoms with Gasteiger partial charge < -0.3 is 10.2 Å². The molecule has 0 aromatic carbocycles. The Hall–Kier alpha value is -0.940. The summed E-state index contributed by atoms with van der Waals surface area (Å²) in [5.41, 5.74) is 0. The Bertz CT molecular complexity index is 391. The summed E-state index contributed by atoms with van der Waals surface area (Å²) >= 11 is 1.54. The van der Waals surface area contributed by atoms with Gasteiger partial charge in [0.2, 0.25) is 0 Å². The van der Waals surface area contributed by atoms with Crippen LogP contribution in [0.2, 0.25) is 0 Å². The van der Waals surface area contributed by atoms with Gasteiger partial charge in [0.25, 0.3) is 5.91 Å². The van der Waals surface area contributed by atoms with Crippen LogP contribution in [0, 0.1) is 0 Å². The number of amides is 1. The maximum absolute atomic E-state index is 12.2. The first-order valence-electron chi connectivity index (χ1n) is 6.18. The quantitative estimate of drug-likeness (QED) is 0.888. The van der Waals surface area contributed by atoms with Gasteiger partial charge in [-0.25, -0.2) is 4.98 Å².